The number of carbonyl (C=O) groups excluding carboxylic acids is 1. The molecule has 0 unspecified atom stereocenters. The van der Waals surface area contributed by atoms with Crippen LogP contribution in [0.25, 0.3) is 0 Å². The van der Waals surface area contributed by atoms with Crippen molar-refractivity contribution in [3.8, 4) is 5.75 Å². The monoisotopic (exact) mass is 409 g/mol. The number of carbonyl (C=O) groups is 1. The van der Waals surface area contributed by atoms with Gasteiger partial charge in [0.1, 0.15) is 3.70 Å². The number of rotatable bonds is 4. The first-order valence-electron chi connectivity index (χ1n) is 4.83. The van der Waals surface area contributed by atoms with E-state index in [0.29, 0.717) is 5.69 Å². The van der Waals surface area contributed by atoms with Gasteiger partial charge in [0.25, 0.3) is 0 Å². The Morgan fingerprint density at radius 2 is 2.16 bits per heavy atom. The summed E-state index contributed by atoms with van der Waals surface area (Å²) in [5, 5.41) is 0. The number of pyridine rings is 1. The molecule has 0 aromatic carbocycles. The molecule has 0 atom stereocenters. The Balaban J connectivity index is 3.14. The van der Waals surface area contributed by atoms with Crippen LogP contribution in [0.3, 0.4) is 0 Å². The molecule has 0 aliphatic rings. The number of esters is 1. The molecule has 0 fully saturated rings. The predicted molar refractivity (Wildman–Crippen MR) is 68.9 cm³/mol. The molecule has 4 nitrogen and oxygen atoms in total. The number of hydrogen-bond acceptors (Lipinski definition) is 4. The Morgan fingerprint density at radius 3 is 2.63 bits per heavy atom. The fourth-order valence-corrected chi connectivity index (χ4v) is 2.03. The second-order valence-electron chi connectivity index (χ2n) is 3.32. The Hall–Kier alpha value is -0.770. The van der Waals surface area contributed by atoms with Crippen molar-refractivity contribution in [1.82, 2.24) is 4.98 Å². The summed E-state index contributed by atoms with van der Waals surface area (Å²) in [4.78, 5) is 15.1. The second kappa shape index (κ2) is 6.60. The van der Waals surface area contributed by atoms with Gasteiger partial charge in [-0.05, 0) is 34.2 Å². The highest BCUT2D eigenvalue weighted by Gasteiger charge is 2.32. The van der Waals surface area contributed by atoms with Gasteiger partial charge < -0.3 is 9.47 Å². The summed E-state index contributed by atoms with van der Waals surface area (Å²) < 4.78 is 44.9. The maximum Gasteiger partial charge on any atom is 0.573 e. The lowest BCUT2D eigenvalue weighted by Crippen LogP contribution is -2.19. The van der Waals surface area contributed by atoms with Crippen molar-refractivity contribution in [3.05, 3.63) is 21.0 Å². The number of methoxy groups -OCH3 is 1. The zero-order chi connectivity index (χ0) is 14.6. The average molecular weight is 410 g/mol. The first-order chi connectivity index (χ1) is 8.76. The number of alkyl halides is 4. The Kier molecular flexibility index (Phi) is 5.65. The quantitative estimate of drug-likeness (QED) is 0.332. The minimum Gasteiger partial charge on any atom is -0.469 e. The van der Waals surface area contributed by atoms with Gasteiger partial charge in [0.05, 0.1) is 25.1 Å². The molecule has 0 radical (unpaired) electrons. The maximum atomic E-state index is 12.2. The minimum atomic E-state index is -4.83. The summed E-state index contributed by atoms with van der Waals surface area (Å²) in [5.74, 6) is -1.11. The van der Waals surface area contributed by atoms with Crippen LogP contribution in [-0.2, 0) is 21.8 Å². The van der Waals surface area contributed by atoms with Crippen molar-refractivity contribution in [2.45, 2.75) is 18.7 Å². The second-order valence-corrected chi connectivity index (χ2v) is 4.61. The number of nitrogens with zero attached hydrogens (tertiary/aromatic N) is 1. The highest BCUT2D eigenvalue weighted by molar-refractivity contribution is 14.1. The fraction of sp³-hybridized carbons (Fsp3) is 0.400. The molecule has 0 bridgehead atoms. The largest absolute Gasteiger partial charge is 0.573 e. The third-order valence-corrected chi connectivity index (χ3v) is 3.05. The van der Waals surface area contributed by atoms with Gasteiger partial charge in [-0.25, -0.2) is 4.98 Å². The highest BCUT2D eigenvalue weighted by atomic mass is 127. The van der Waals surface area contributed by atoms with Gasteiger partial charge in [0, 0.05) is 0 Å². The Morgan fingerprint density at radius 1 is 1.53 bits per heavy atom. The van der Waals surface area contributed by atoms with Crippen molar-refractivity contribution in [1.29, 1.82) is 0 Å². The van der Waals surface area contributed by atoms with Gasteiger partial charge in [-0.1, -0.05) is 0 Å². The van der Waals surface area contributed by atoms with E-state index in [1.54, 1.807) is 22.6 Å². The lowest BCUT2D eigenvalue weighted by molar-refractivity contribution is -0.275. The maximum absolute atomic E-state index is 12.2. The van der Waals surface area contributed by atoms with E-state index in [1.807, 2.05) is 0 Å². The first kappa shape index (κ1) is 16.3. The first-order valence-corrected chi connectivity index (χ1v) is 6.45. The van der Waals surface area contributed by atoms with Crippen molar-refractivity contribution in [2.75, 3.05) is 7.11 Å². The molecule has 0 aliphatic heterocycles. The van der Waals surface area contributed by atoms with Crippen molar-refractivity contribution in [3.63, 3.8) is 0 Å². The van der Waals surface area contributed by atoms with Crippen LogP contribution in [0.15, 0.2) is 6.07 Å². The van der Waals surface area contributed by atoms with E-state index in [2.05, 4.69) is 14.5 Å². The zero-order valence-corrected chi connectivity index (χ0v) is 12.5. The summed E-state index contributed by atoms with van der Waals surface area (Å²) in [7, 11) is 1.18. The van der Waals surface area contributed by atoms with E-state index in [1.165, 1.54) is 7.11 Å². The standard InChI is InChI=1S/C10H8ClF3INO3/c1-18-8(17)3-5-2-7(19-10(12,13)14)9(15)16-6(5)4-11/h2H,3-4H2,1H3. The van der Waals surface area contributed by atoms with Crippen molar-refractivity contribution >= 4 is 40.2 Å². The van der Waals surface area contributed by atoms with Gasteiger partial charge >= 0.3 is 12.3 Å². The molecular weight excluding hydrogens is 401 g/mol. The number of halogens is 5. The average Bonchev–Trinajstić information content (AvgIpc) is 2.31. The summed E-state index contributed by atoms with van der Waals surface area (Å²) in [6.07, 6.45) is -5.05. The topological polar surface area (TPSA) is 48.4 Å². The van der Waals surface area contributed by atoms with Gasteiger partial charge in [0.2, 0.25) is 0 Å². The molecule has 0 spiro atoms. The number of ether oxygens (including phenoxy) is 2. The van der Waals surface area contributed by atoms with Crippen LogP contribution in [0.1, 0.15) is 11.3 Å². The van der Waals surface area contributed by atoms with Gasteiger partial charge in [0.15, 0.2) is 5.75 Å². The molecule has 1 aromatic rings. The van der Waals surface area contributed by atoms with E-state index in [-0.39, 0.29) is 21.6 Å². The van der Waals surface area contributed by atoms with Crippen LogP contribution in [0.2, 0.25) is 0 Å². The summed E-state index contributed by atoms with van der Waals surface area (Å²) in [5.41, 5.74) is 0.549. The van der Waals surface area contributed by atoms with Crippen molar-refractivity contribution in [2.24, 2.45) is 0 Å². The molecule has 0 saturated carbocycles. The van der Waals surface area contributed by atoms with Crippen LogP contribution in [0.4, 0.5) is 13.2 Å². The number of aromatic nitrogens is 1. The molecule has 19 heavy (non-hydrogen) atoms. The molecule has 0 aliphatic carbocycles. The van der Waals surface area contributed by atoms with Crippen LogP contribution in [0, 0.1) is 3.70 Å². The van der Waals surface area contributed by atoms with Crippen LogP contribution < -0.4 is 4.74 Å². The Labute approximate surface area is 125 Å². The van der Waals surface area contributed by atoms with Crippen LogP contribution >= 0.6 is 34.2 Å². The van der Waals surface area contributed by atoms with E-state index in [0.717, 1.165) is 6.07 Å². The molecule has 1 rings (SSSR count). The summed E-state index contributed by atoms with van der Waals surface area (Å²) >= 11 is 7.23. The molecule has 1 aromatic heterocycles. The minimum absolute atomic E-state index is 0.0131. The molecular formula is C10H8ClF3INO3. The number of hydrogen-bond donors (Lipinski definition) is 0. The highest BCUT2D eigenvalue weighted by Crippen LogP contribution is 2.29. The van der Waals surface area contributed by atoms with Gasteiger partial charge in [-0.2, -0.15) is 0 Å². The van der Waals surface area contributed by atoms with Gasteiger partial charge in [-0.15, -0.1) is 24.8 Å². The van der Waals surface area contributed by atoms with E-state index in [4.69, 9.17) is 11.6 Å². The molecule has 0 saturated heterocycles. The molecule has 0 N–H and O–H groups in total. The van der Waals surface area contributed by atoms with E-state index < -0.39 is 18.1 Å². The van der Waals surface area contributed by atoms with Crippen LogP contribution in [-0.4, -0.2) is 24.4 Å². The van der Waals surface area contributed by atoms with E-state index in [9.17, 15) is 18.0 Å². The smallest absolute Gasteiger partial charge is 0.469 e. The van der Waals surface area contributed by atoms with E-state index >= 15 is 0 Å². The third kappa shape index (κ3) is 5.01. The Bertz CT molecular complexity index is 482. The van der Waals surface area contributed by atoms with Gasteiger partial charge in [-0.3, -0.25) is 4.79 Å². The zero-order valence-electron chi connectivity index (χ0n) is 9.55. The molecule has 0 amide bonds. The molecule has 106 valence electrons. The summed E-state index contributed by atoms with van der Waals surface area (Å²) in [6, 6.07) is 1.09. The van der Waals surface area contributed by atoms with Crippen LogP contribution in [0.5, 0.6) is 5.75 Å². The normalized spacial score (nSPS) is 11.3. The third-order valence-electron chi connectivity index (χ3n) is 2.03. The summed E-state index contributed by atoms with van der Waals surface area (Å²) in [6.45, 7) is 0. The fourth-order valence-electron chi connectivity index (χ4n) is 1.24. The lowest BCUT2D eigenvalue weighted by atomic mass is 10.1. The molecule has 1 heterocycles. The van der Waals surface area contributed by atoms with Crippen molar-refractivity contribution < 1.29 is 27.4 Å². The molecule has 9 heteroatoms. The predicted octanol–water partition coefficient (Wildman–Crippen LogP) is 3.04. The SMILES string of the molecule is COC(=O)Cc1cc(OC(F)(F)F)c(I)nc1CCl. The lowest BCUT2D eigenvalue weighted by Gasteiger charge is -2.13.